The zero-order valence-electron chi connectivity index (χ0n) is 9.35. The van der Waals surface area contributed by atoms with Crippen molar-refractivity contribution in [3.8, 4) is 0 Å². The Morgan fingerprint density at radius 2 is 1.83 bits per heavy atom. The van der Waals surface area contributed by atoms with Gasteiger partial charge in [-0.3, -0.25) is 0 Å². The lowest BCUT2D eigenvalue weighted by molar-refractivity contribution is 0.429. The summed E-state index contributed by atoms with van der Waals surface area (Å²) in [6.45, 7) is 11.4. The molecule has 0 bridgehead atoms. The molecular formula is C12H24. The predicted molar refractivity (Wildman–Crippen MR) is 57.3 cm³/mol. The van der Waals surface area contributed by atoms with Crippen molar-refractivity contribution < 1.29 is 0 Å². The van der Waals surface area contributed by atoms with Gasteiger partial charge in [-0.25, -0.2) is 0 Å². The summed E-state index contributed by atoms with van der Waals surface area (Å²) in [6, 6.07) is 0. The van der Waals surface area contributed by atoms with Crippen LogP contribution in [0.5, 0.6) is 0 Å². The highest BCUT2D eigenvalue weighted by Gasteiger charge is 2.10. The fourth-order valence-corrected chi connectivity index (χ4v) is 1.39. The van der Waals surface area contributed by atoms with Crippen molar-refractivity contribution in [2.24, 2.45) is 11.3 Å². The van der Waals surface area contributed by atoms with Gasteiger partial charge in [0.1, 0.15) is 0 Å². The Hall–Kier alpha value is -0.260. The van der Waals surface area contributed by atoms with Crippen LogP contribution < -0.4 is 0 Å². The van der Waals surface area contributed by atoms with E-state index >= 15 is 0 Å². The molecule has 0 heteroatoms. The van der Waals surface area contributed by atoms with Crippen molar-refractivity contribution in [3.05, 3.63) is 12.2 Å². The monoisotopic (exact) mass is 168 g/mol. The van der Waals surface area contributed by atoms with Gasteiger partial charge in [0.05, 0.1) is 0 Å². The van der Waals surface area contributed by atoms with Crippen LogP contribution in [0.25, 0.3) is 0 Å². The van der Waals surface area contributed by atoms with Gasteiger partial charge in [0, 0.05) is 0 Å². The van der Waals surface area contributed by atoms with E-state index in [4.69, 9.17) is 0 Å². The summed E-state index contributed by atoms with van der Waals surface area (Å²) in [4.78, 5) is 0. The molecule has 0 aliphatic rings. The number of hydrogen-bond donors (Lipinski definition) is 0. The summed E-state index contributed by atoms with van der Waals surface area (Å²) in [5.74, 6) is 0.790. The van der Waals surface area contributed by atoms with Gasteiger partial charge in [0.25, 0.3) is 0 Å². The summed E-state index contributed by atoms with van der Waals surface area (Å²) in [7, 11) is 0. The van der Waals surface area contributed by atoms with E-state index < -0.39 is 0 Å². The number of hydrogen-bond acceptors (Lipinski definition) is 0. The van der Waals surface area contributed by atoms with Gasteiger partial charge >= 0.3 is 0 Å². The van der Waals surface area contributed by atoms with E-state index in [0.29, 0.717) is 5.41 Å². The summed E-state index contributed by atoms with van der Waals surface area (Å²) < 4.78 is 0. The van der Waals surface area contributed by atoms with Crippen LogP contribution in [0.15, 0.2) is 12.2 Å². The summed E-state index contributed by atoms with van der Waals surface area (Å²) in [6.07, 6.45) is 8.49. The first-order valence-corrected chi connectivity index (χ1v) is 5.15. The molecule has 72 valence electrons. The Bertz CT molecular complexity index is 129. The fraction of sp³-hybridized carbons (Fsp3) is 0.833. The third-order valence-electron chi connectivity index (χ3n) is 2.07. The van der Waals surface area contributed by atoms with Crippen molar-refractivity contribution in [1.82, 2.24) is 0 Å². The molecule has 0 heterocycles. The van der Waals surface area contributed by atoms with Crippen molar-refractivity contribution in [2.45, 2.75) is 53.9 Å². The van der Waals surface area contributed by atoms with Crippen LogP contribution in [0.3, 0.4) is 0 Å². The molecule has 0 atom stereocenters. The summed E-state index contributed by atoms with van der Waals surface area (Å²) in [5, 5.41) is 0. The summed E-state index contributed by atoms with van der Waals surface area (Å²) in [5.41, 5.74) is 0.406. The van der Waals surface area contributed by atoms with E-state index in [2.05, 4.69) is 46.8 Å². The van der Waals surface area contributed by atoms with Crippen molar-refractivity contribution in [1.29, 1.82) is 0 Å². The first-order chi connectivity index (χ1) is 5.48. The number of rotatable bonds is 5. The van der Waals surface area contributed by atoms with E-state index in [1.165, 1.54) is 19.3 Å². The van der Waals surface area contributed by atoms with Crippen LogP contribution in [0.4, 0.5) is 0 Å². The Morgan fingerprint density at radius 3 is 2.25 bits per heavy atom. The Morgan fingerprint density at radius 1 is 1.25 bits per heavy atom. The van der Waals surface area contributed by atoms with E-state index in [1.54, 1.807) is 0 Å². The van der Waals surface area contributed by atoms with Crippen LogP contribution in [0.2, 0.25) is 0 Å². The average molecular weight is 168 g/mol. The summed E-state index contributed by atoms with van der Waals surface area (Å²) >= 11 is 0. The van der Waals surface area contributed by atoms with Gasteiger partial charge in [0.2, 0.25) is 0 Å². The van der Waals surface area contributed by atoms with E-state index in [-0.39, 0.29) is 0 Å². The minimum absolute atomic E-state index is 0.406. The molecule has 0 aromatic carbocycles. The van der Waals surface area contributed by atoms with Gasteiger partial charge in [-0.1, -0.05) is 53.2 Å². The van der Waals surface area contributed by atoms with Gasteiger partial charge < -0.3 is 0 Å². The van der Waals surface area contributed by atoms with Crippen LogP contribution in [-0.4, -0.2) is 0 Å². The largest absolute Gasteiger partial charge is 0.0877 e. The highest BCUT2D eigenvalue weighted by atomic mass is 14.2. The molecule has 0 amide bonds. The van der Waals surface area contributed by atoms with Gasteiger partial charge in [-0.2, -0.15) is 0 Å². The zero-order chi connectivity index (χ0) is 9.61. The van der Waals surface area contributed by atoms with Crippen molar-refractivity contribution >= 4 is 0 Å². The maximum atomic E-state index is 2.37. The molecule has 0 unspecified atom stereocenters. The minimum atomic E-state index is 0.406. The lowest BCUT2D eigenvalue weighted by atomic mass is 9.87. The van der Waals surface area contributed by atoms with E-state index in [9.17, 15) is 0 Å². The molecule has 0 saturated carbocycles. The van der Waals surface area contributed by atoms with Gasteiger partial charge in [0.15, 0.2) is 0 Å². The quantitative estimate of drug-likeness (QED) is 0.533. The Kier molecular flexibility index (Phi) is 5.28. The molecular weight excluding hydrogens is 144 g/mol. The Balaban J connectivity index is 3.79. The predicted octanol–water partition coefficient (Wildman–Crippen LogP) is 4.42. The molecule has 0 aliphatic heterocycles. The molecule has 12 heavy (non-hydrogen) atoms. The molecule has 0 rings (SSSR count). The van der Waals surface area contributed by atoms with E-state index in [1.807, 2.05) is 0 Å². The van der Waals surface area contributed by atoms with E-state index in [0.717, 1.165) is 5.92 Å². The number of allylic oxidation sites excluding steroid dienone is 2. The van der Waals surface area contributed by atoms with Crippen molar-refractivity contribution in [3.63, 3.8) is 0 Å². The van der Waals surface area contributed by atoms with Crippen molar-refractivity contribution in [2.75, 3.05) is 0 Å². The smallest absolute Gasteiger partial charge is 0.0175 e. The first-order valence-electron chi connectivity index (χ1n) is 5.15. The SMILES string of the molecule is CCCC(C)(C)C=CCC(C)C. The second-order valence-electron chi connectivity index (χ2n) is 4.77. The van der Waals surface area contributed by atoms with Crippen LogP contribution in [0.1, 0.15) is 53.9 Å². The second kappa shape index (κ2) is 5.40. The molecule has 0 saturated heterocycles. The maximum Gasteiger partial charge on any atom is -0.0175 e. The minimum Gasteiger partial charge on any atom is -0.0877 e. The first kappa shape index (κ1) is 11.7. The fourth-order valence-electron chi connectivity index (χ4n) is 1.39. The van der Waals surface area contributed by atoms with Crippen LogP contribution in [-0.2, 0) is 0 Å². The highest BCUT2D eigenvalue weighted by Crippen LogP contribution is 2.24. The average Bonchev–Trinajstić information content (AvgIpc) is 1.85. The lowest BCUT2D eigenvalue weighted by Gasteiger charge is -2.18. The topological polar surface area (TPSA) is 0 Å². The van der Waals surface area contributed by atoms with Crippen LogP contribution >= 0.6 is 0 Å². The third kappa shape index (κ3) is 6.45. The van der Waals surface area contributed by atoms with Gasteiger partial charge in [-0.15, -0.1) is 0 Å². The molecule has 0 nitrogen and oxygen atoms in total. The molecule has 0 fully saturated rings. The third-order valence-corrected chi connectivity index (χ3v) is 2.07. The molecule has 0 radical (unpaired) electrons. The molecule has 0 aromatic heterocycles. The molecule has 0 aromatic rings. The maximum absolute atomic E-state index is 2.37. The molecule has 0 aliphatic carbocycles. The van der Waals surface area contributed by atoms with Gasteiger partial charge in [-0.05, 0) is 24.2 Å². The van der Waals surface area contributed by atoms with Crippen LogP contribution in [0, 0.1) is 11.3 Å². The highest BCUT2D eigenvalue weighted by molar-refractivity contribution is 4.94. The normalized spacial score (nSPS) is 13.2. The molecule has 0 N–H and O–H groups in total. The Labute approximate surface area is 78.1 Å². The standard InChI is InChI=1S/C12H24/c1-6-9-12(4,5)10-7-8-11(2)3/h7,10-11H,6,8-9H2,1-5H3. The second-order valence-corrected chi connectivity index (χ2v) is 4.77. The zero-order valence-corrected chi connectivity index (χ0v) is 9.35. The lowest BCUT2D eigenvalue weighted by Crippen LogP contribution is -2.06. The molecule has 0 spiro atoms.